The lowest BCUT2D eigenvalue weighted by molar-refractivity contribution is 0.00781. The van der Waals surface area contributed by atoms with Crippen molar-refractivity contribution in [2.24, 2.45) is 11.7 Å². The largest absolute Gasteiger partial charge is 0.389 e. The van der Waals surface area contributed by atoms with E-state index in [9.17, 15) is 5.11 Å². The summed E-state index contributed by atoms with van der Waals surface area (Å²) in [6.45, 7) is 9.84. The van der Waals surface area contributed by atoms with E-state index >= 15 is 0 Å². The van der Waals surface area contributed by atoms with Crippen molar-refractivity contribution in [2.45, 2.75) is 44.8 Å². The molecule has 1 saturated carbocycles. The molecule has 0 bridgehead atoms. The fraction of sp³-hybridized carbons (Fsp3) is 1.00. The lowest BCUT2D eigenvalue weighted by Crippen LogP contribution is -2.54. The van der Waals surface area contributed by atoms with E-state index in [-0.39, 0.29) is 0 Å². The summed E-state index contributed by atoms with van der Waals surface area (Å²) in [4.78, 5) is 5.01. The predicted molar refractivity (Wildman–Crippen MR) is 74.5 cm³/mol. The van der Waals surface area contributed by atoms with Gasteiger partial charge in [-0.3, -0.25) is 9.80 Å². The van der Waals surface area contributed by atoms with Gasteiger partial charge in [-0.05, 0) is 39.2 Å². The Morgan fingerprint density at radius 2 is 1.83 bits per heavy atom. The number of piperazine rings is 1. The monoisotopic (exact) mass is 255 g/mol. The van der Waals surface area contributed by atoms with Gasteiger partial charge in [-0.25, -0.2) is 0 Å². The highest BCUT2D eigenvalue weighted by atomic mass is 16.3. The lowest BCUT2D eigenvalue weighted by Gasteiger charge is -2.41. The summed E-state index contributed by atoms with van der Waals surface area (Å²) in [6, 6.07) is 0.722. The lowest BCUT2D eigenvalue weighted by atomic mass is 10.0. The van der Waals surface area contributed by atoms with Crippen LogP contribution in [0.15, 0.2) is 0 Å². The van der Waals surface area contributed by atoms with Gasteiger partial charge in [0.05, 0.1) is 5.60 Å². The third-order valence-electron chi connectivity index (χ3n) is 4.41. The zero-order chi connectivity index (χ0) is 13.2. The molecule has 1 heterocycles. The van der Waals surface area contributed by atoms with E-state index < -0.39 is 5.60 Å². The van der Waals surface area contributed by atoms with Gasteiger partial charge in [-0.15, -0.1) is 0 Å². The molecular weight excluding hydrogens is 226 g/mol. The maximum absolute atomic E-state index is 9.86. The Morgan fingerprint density at radius 1 is 1.17 bits per heavy atom. The molecular formula is C14H29N3O. The minimum Gasteiger partial charge on any atom is -0.389 e. The molecule has 2 atom stereocenters. The second-order valence-electron chi connectivity index (χ2n) is 6.62. The summed E-state index contributed by atoms with van der Waals surface area (Å²) in [7, 11) is 0. The average Bonchev–Trinajstić information content (AvgIpc) is 2.76. The Hall–Kier alpha value is -0.160. The number of hydrogen-bond acceptors (Lipinski definition) is 4. The van der Waals surface area contributed by atoms with Crippen LogP contribution in [0.4, 0.5) is 0 Å². The third kappa shape index (κ3) is 3.67. The second kappa shape index (κ2) is 5.87. The summed E-state index contributed by atoms with van der Waals surface area (Å²) < 4.78 is 0. The summed E-state index contributed by atoms with van der Waals surface area (Å²) in [6.07, 6.45) is 3.98. The molecule has 3 N–H and O–H groups in total. The SMILES string of the molecule is CC(C)(O)CN1CCN(C2CCCC2CN)CC1. The standard InChI is InChI=1S/C14H29N3O/c1-14(2,18)11-16-6-8-17(9-7-16)13-5-3-4-12(13)10-15/h12-13,18H,3-11,15H2,1-2H3. The summed E-state index contributed by atoms with van der Waals surface area (Å²) in [5.74, 6) is 0.714. The van der Waals surface area contributed by atoms with Crippen molar-refractivity contribution in [3.05, 3.63) is 0 Å². The van der Waals surface area contributed by atoms with Crippen molar-refractivity contribution in [2.75, 3.05) is 39.3 Å². The van der Waals surface area contributed by atoms with Crippen molar-refractivity contribution >= 4 is 0 Å². The summed E-state index contributed by atoms with van der Waals surface area (Å²) >= 11 is 0. The van der Waals surface area contributed by atoms with Crippen LogP contribution in [0.1, 0.15) is 33.1 Å². The number of nitrogens with zero attached hydrogens (tertiary/aromatic N) is 2. The van der Waals surface area contributed by atoms with Crippen molar-refractivity contribution in [1.82, 2.24) is 9.80 Å². The van der Waals surface area contributed by atoms with E-state index in [0.717, 1.165) is 45.3 Å². The Morgan fingerprint density at radius 3 is 2.39 bits per heavy atom. The molecule has 2 unspecified atom stereocenters. The van der Waals surface area contributed by atoms with Crippen LogP contribution in [-0.4, -0.2) is 65.8 Å². The Balaban J connectivity index is 1.79. The zero-order valence-corrected chi connectivity index (χ0v) is 11.9. The second-order valence-corrected chi connectivity index (χ2v) is 6.62. The Kier molecular flexibility index (Phi) is 4.64. The molecule has 2 fully saturated rings. The number of rotatable bonds is 4. The molecule has 0 spiro atoms. The molecule has 106 valence electrons. The van der Waals surface area contributed by atoms with Crippen molar-refractivity contribution in [3.63, 3.8) is 0 Å². The van der Waals surface area contributed by atoms with Gasteiger partial charge >= 0.3 is 0 Å². The van der Waals surface area contributed by atoms with Gasteiger partial charge in [0, 0.05) is 38.8 Å². The molecule has 4 heteroatoms. The van der Waals surface area contributed by atoms with Crippen LogP contribution in [0.5, 0.6) is 0 Å². The maximum atomic E-state index is 9.86. The van der Waals surface area contributed by atoms with Gasteiger partial charge in [-0.2, -0.15) is 0 Å². The fourth-order valence-electron chi connectivity index (χ4n) is 3.57. The Labute approximate surface area is 111 Å². The fourth-order valence-corrected chi connectivity index (χ4v) is 3.57. The van der Waals surface area contributed by atoms with Crippen LogP contribution in [0.3, 0.4) is 0 Å². The number of aliphatic hydroxyl groups is 1. The van der Waals surface area contributed by atoms with Crippen molar-refractivity contribution < 1.29 is 5.11 Å². The van der Waals surface area contributed by atoms with Gasteiger partial charge < -0.3 is 10.8 Å². The van der Waals surface area contributed by atoms with E-state index in [4.69, 9.17) is 5.73 Å². The first-order chi connectivity index (χ1) is 8.49. The molecule has 0 aromatic heterocycles. The van der Waals surface area contributed by atoms with Crippen LogP contribution >= 0.6 is 0 Å². The van der Waals surface area contributed by atoms with Gasteiger partial charge in [0.25, 0.3) is 0 Å². The maximum Gasteiger partial charge on any atom is 0.0718 e. The predicted octanol–water partition coefficient (Wildman–Crippen LogP) is 0.502. The van der Waals surface area contributed by atoms with Crippen molar-refractivity contribution in [1.29, 1.82) is 0 Å². The first-order valence-electron chi connectivity index (χ1n) is 7.38. The highest BCUT2D eigenvalue weighted by Crippen LogP contribution is 2.29. The zero-order valence-electron chi connectivity index (χ0n) is 11.9. The van der Waals surface area contributed by atoms with Crippen LogP contribution in [0.25, 0.3) is 0 Å². The average molecular weight is 255 g/mol. The van der Waals surface area contributed by atoms with Gasteiger partial charge in [0.15, 0.2) is 0 Å². The molecule has 2 rings (SSSR count). The number of hydrogen-bond donors (Lipinski definition) is 2. The van der Waals surface area contributed by atoms with Crippen LogP contribution < -0.4 is 5.73 Å². The van der Waals surface area contributed by atoms with Crippen LogP contribution in [-0.2, 0) is 0 Å². The molecule has 0 radical (unpaired) electrons. The first-order valence-corrected chi connectivity index (χ1v) is 7.38. The third-order valence-corrected chi connectivity index (χ3v) is 4.41. The molecule has 0 aromatic carbocycles. The van der Waals surface area contributed by atoms with E-state index in [1.54, 1.807) is 0 Å². The minimum atomic E-state index is -0.574. The molecule has 18 heavy (non-hydrogen) atoms. The minimum absolute atomic E-state index is 0.574. The first kappa shape index (κ1) is 14.3. The molecule has 0 aromatic rings. The van der Waals surface area contributed by atoms with Crippen LogP contribution in [0, 0.1) is 5.92 Å². The normalized spacial score (nSPS) is 32.0. The molecule has 2 aliphatic rings. The van der Waals surface area contributed by atoms with Gasteiger partial charge in [0.1, 0.15) is 0 Å². The molecule has 0 amide bonds. The molecule has 4 nitrogen and oxygen atoms in total. The van der Waals surface area contributed by atoms with E-state index in [2.05, 4.69) is 9.80 Å². The van der Waals surface area contributed by atoms with Crippen molar-refractivity contribution in [3.8, 4) is 0 Å². The highest BCUT2D eigenvalue weighted by Gasteiger charge is 2.33. The highest BCUT2D eigenvalue weighted by molar-refractivity contribution is 4.89. The van der Waals surface area contributed by atoms with E-state index in [0.29, 0.717) is 5.92 Å². The van der Waals surface area contributed by atoms with Crippen LogP contribution in [0.2, 0.25) is 0 Å². The topological polar surface area (TPSA) is 52.7 Å². The molecule has 1 aliphatic carbocycles. The van der Waals surface area contributed by atoms with E-state index in [1.165, 1.54) is 19.3 Å². The number of β-amino-alcohol motifs (C(OH)–C–C–N with tert-alkyl or cyclic N) is 1. The Bertz CT molecular complexity index is 256. The summed E-state index contributed by atoms with van der Waals surface area (Å²) in [5.41, 5.74) is 5.30. The molecule has 1 saturated heterocycles. The van der Waals surface area contributed by atoms with E-state index in [1.807, 2.05) is 13.8 Å². The quantitative estimate of drug-likeness (QED) is 0.768. The summed E-state index contributed by atoms with van der Waals surface area (Å²) in [5, 5.41) is 9.86. The van der Waals surface area contributed by atoms with Gasteiger partial charge in [-0.1, -0.05) is 6.42 Å². The smallest absolute Gasteiger partial charge is 0.0718 e. The molecule has 1 aliphatic heterocycles. The van der Waals surface area contributed by atoms with Gasteiger partial charge in [0.2, 0.25) is 0 Å². The number of nitrogens with two attached hydrogens (primary N) is 1.